The van der Waals surface area contributed by atoms with Gasteiger partial charge in [0.15, 0.2) is 6.54 Å². The van der Waals surface area contributed by atoms with Gasteiger partial charge in [-0.3, -0.25) is 4.79 Å². The van der Waals surface area contributed by atoms with Crippen LogP contribution < -0.4 is 10.2 Å². The van der Waals surface area contributed by atoms with Crippen LogP contribution in [0.5, 0.6) is 0 Å². The van der Waals surface area contributed by atoms with E-state index in [4.69, 9.17) is 5.26 Å². The predicted molar refractivity (Wildman–Crippen MR) is 103 cm³/mol. The summed E-state index contributed by atoms with van der Waals surface area (Å²) in [6.45, 7) is 2.65. The van der Waals surface area contributed by atoms with Gasteiger partial charge in [-0.05, 0) is 48.4 Å². The number of hydrogen-bond donors (Lipinski definition) is 2. The van der Waals surface area contributed by atoms with Crippen molar-refractivity contribution in [3.63, 3.8) is 0 Å². The maximum atomic E-state index is 12.3. The minimum absolute atomic E-state index is 0.0644. The van der Waals surface area contributed by atoms with Gasteiger partial charge in [0.2, 0.25) is 0 Å². The lowest BCUT2D eigenvalue weighted by Gasteiger charge is -2.29. The van der Waals surface area contributed by atoms with E-state index in [-0.39, 0.29) is 5.91 Å². The molecule has 1 aliphatic rings. The molecule has 0 unspecified atom stereocenters. The van der Waals surface area contributed by atoms with Gasteiger partial charge in [0.05, 0.1) is 25.6 Å². The molecule has 1 saturated heterocycles. The third-order valence-corrected chi connectivity index (χ3v) is 5.11. The molecule has 1 fully saturated rings. The Morgan fingerprint density at radius 3 is 2.38 bits per heavy atom. The molecule has 0 aliphatic carbocycles. The molecule has 134 valence electrons. The van der Waals surface area contributed by atoms with Crippen molar-refractivity contribution in [2.24, 2.45) is 5.92 Å². The number of hydrogen-bond acceptors (Lipinski definition) is 2. The van der Waals surface area contributed by atoms with Crippen molar-refractivity contribution in [2.45, 2.75) is 25.7 Å². The lowest BCUT2D eigenvalue weighted by Crippen LogP contribution is -3.14. The van der Waals surface area contributed by atoms with Gasteiger partial charge in [-0.2, -0.15) is 5.26 Å². The van der Waals surface area contributed by atoms with E-state index in [1.807, 2.05) is 24.3 Å². The first-order chi connectivity index (χ1) is 12.7. The average Bonchev–Trinajstić information content (AvgIpc) is 2.66. The molecular formula is C22H26N3O+. The summed E-state index contributed by atoms with van der Waals surface area (Å²) in [4.78, 5) is 13.6. The molecule has 1 aliphatic heterocycles. The standard InChI is InChI=1S/C22H25N3O/c23-13-10-18-6-8-21(9-7-18)24-22(26)17-25-14-11-20(12-15-25)16-19-4-2-1-3-5-19/h1-9,20H,10-12,14-17H2,(H,24,26)/p+1. The highest BCUT2D eigenvalue weighted by Gasteiger charge is 2.24. The van der Waals surface area contributed by atoms with E-state index in [9.17, 15) is 4.79 Å². The number of likely N-dealkylation sites (tertiary alicyclic amines) is 1. The fraction of sp³-hybridized carbons (Fsp3) is 0.364. The summed E-state index contributed by atoms with van der Waals surface area (Å²) in [7, 11) is 0. The van der Waals surface area contributed by atoms with E-state index in [2.05, 4.69) is 41.7 Å². The molecule has 2 aromatic rings. The van der Waals surface area contributed by atoms with Crippen LogP contribution in [-0.2, 0) is 17.6 Å². The van der Waals surface area contributed by atoms with Crippen LogP contribution in [0.3, 0.4) is 0 Å². The first-order valence-corrected chi connectivity index (χ1v) is 9.36. The van der Waals surface area contributed by atoms with Crippen molar-refractivity contribution < 1.29 is 9.69 Å². The van der Waals surface area contributed by atoms with Crippen LogP contribution in [0.2, 0.25) is 0 Å². The molecule has 3 rings (SSSR count). The Kier molecular flexibility index (Phi) is 6.40. The van der Waals surface area contributed by atoms with Crippen molar-refractivity contribution >= 4 is 11.6 Å². The van der Waals surface area contributed by atoms with Gasteiger partial charge in [-0.25, -0.2) is 0 Å². The molecule has 0 spiro atoms. The van der Waals surface area contributed by atoms with Crippen LogP contribution in [0.15, 0.2) is 54.6 Å². The van der Waals surface area contributed by atoms with Gasteiger partial charge in [-0.1, -0.05) is 42.5 Å². The van der Waals surface area contributed by atoms with Crippen molar-refractivity contribution in [3.8, 4) is 6.07 Å². The van der Waals surface area contributed by atoms with E-state index < -0.39 is 0 Å². The number of piperidine rings is 1. The monoisotopic (exact) mass is 348 g/mol. The number of nitrogens with one attached hydrogen (secondary N) is 2. The quantitative estimate of drug-likeness (QED) is 0.841. The topological polar surface area (TPSA) is 57.3 Å². The van der Waals surface area contributed by atoms with Gasteiger partial charge in [0.25, 0.3) is 5.91 Å². The number of anilines is 1. The van der Waals surface area contributed by atoms with E-state index >= 15 is 0 Å². The number of amides is 1. The molecule has 4 heteroatoms. The van der Waals surface area contributed by atoms with Crippen molar-refractivity contribution in [1.82, 2.24) is 0 Å². The minimum Gasteiger partial charge on any atom is -0.327 e. The molecule has 2 aromatic carbocycles. The summed E-state index contributed by atoms with van der Waals surface area (Å²) in [6, 6.07) is 20.3. The van der Waals surface area contributed by atoms with Gasteiger partial charge in [0.1, 0.15) is 0 Å². The van der Waals surface area contributed by atoms with Crippen LogP contribution in [-0.4, -0.2) is 25.5 Å². The summed E-state index contributed by atoms with van der Waals surface area (Å²) < 4.78 is 0. The normalized spacial score (nSPS) is 19.5. The summed E-state index contributed by atoms with van der Waals surface area (Å²) in [5.41, 5.74) is 3.19. The number of quaternary nitrogens is 1. The second-order valence-corrected chi connectivity index (χ2v) is 7.14. The van der Waals surface area contributed by atoms with Gasteiger partial charge < -0.3 is 10.2 Å². The van der Waals surface area contributed by atoms with Gasteiger partial charge in [-0.15, -0.1) is 0 Å². The Balaban J connectivity index is 1.41. The van der Waals surface area contributed by atoms with E-state index in [1.165, 1.54) is 23.3 Å². The summed E-state index contributed by atoms with van der Waals surface area (Å²) >= 11 is 0. The van der Waals surface area contributed by atoms with Crippen LogP contribution in [0.4, 0.5) is 5.69 Å². The minimum atomic E-state index is 0.0644. The number of nitrogens with zero attached hydrogens (tertiary/aromatic N) is 1. The fourth-order valence-corrected chi connectivity index (χ4v) is 3.64. The molecule has 0 radical (unpaired) electrons. The molecule has 0 atom stereocenters. The smallest absolute Gasteiger partial charge is 0.279 e. The zero-order chi connectivity index (χ0) is 18.2. The third-order valence-electron chi connectivity index (χ3n) is 5.11. The molecule has 0 aromatic heterocycles. The summed E-state index contributed by atoms with van der Waals surface area (Å²) in [5, 5.41) is 11.7. The largest absolute Gasteiger partial charge is 0.327 e. The first kappa shape index (κ1) is 18.2. The van der Waals surface area contributed by atoms with Crippen LogP contribution in [0.25, 0.3) is 0 Å². The van der Waals surface area contributed by atoms with Crippen LogP contribution >= 0.6 is 0 Å². The highest BCUT2D eigenvalue weighted by molar-refractivity contribution is 5.91. The highest BCUT2D eigenvalue weighted by Crippen LogP contribution is 2.16. The lowest BCUT2D eigenvalue weighted by molar-refractivity contribution is -0.898. The van der Waals surface area contributed by atoms with Crippen LogP contribution in [0.1, 0.15) is 24.0 Å². The Morgan fingerprint density at radius 2 is 1.73 bits per heavy atom. The van der Waals surface area contributed by atoms with Crippen molar-refractivity contribution in [3.05, 3.63) is 65.7 Å². The van der Waals surface area contributed by atoms with Crippen LogP contribution in [0, 0.1) is 17.2 Å². The summed E-state index contributed by atoms with van der Waals surface area (Å²) in [5.74, 6) is 0.798. The third kappa shape index (κ3) is 5.44. The van der Waals surface area contributed by atoms with E-state index in [0.717, 1.165) is 36.7 Å². The molecule has 26 heavy (non-hydrogen) atoms. The Labute approximate surface area is 155 Å². The highest BCUT2D eigenvalue weighted by atomic mass is 16.2. The van der Waals surface area contributed by atoms with Crippen molar-refractivity contribution in [2.75, 3.05) is 25.0 Å². The van der Waals surface area contributed by atoms with Gasteiger partial charge in [0, 0.05) is 5.69 Å². The Bertz CT molecular complexity index is 741. The zero-order valence-electron chi connectivity index (χ0n) is 15.1. The zero-order valence-corrected chi connectivity index (χ0v) is 15.1. The SMILES string of the molecule is N#CCc1ccc(NC(=O)C[NH+]2CCC(Cc3ccccc3)CC2)cc1. The predicted octanol–water partition coefficient (Wildman–Crippen LogP) is 2.23. The molecule has 0 saturated carbocycles. The lowest BCUT2D eigenvalue weighted by atomic mass is 9.90. The molecular weight excluding hydrogens is 322 g/mol. The second-order valence-electron chi connectivity index (χ2n) is 7.14. The van der Waals surface area contributed by atoms with Crippen molar-refractivity contribution in [1.29, 1.82) is 5.26 Å². The van der Waals surface area contributed by atoms with E-state index in [0.29, 0.717) is 13.0 Å². The fourth-order valence-electron chi connectivity index (χ4n) is 3.64. The number of carbonyl (C=O) groups excluding carboxylic acids is 1. The number of benzene rings is 2. The van der Waals surface area contributed by atoms with E-state index in [1.54, 1.807) is 0 Å². The molecule has 0 bridgehead atoms. The second kappa shape index (κ2) is 9.17. The number of carbonyl (C=O) groups is 1. The summed E-state index contributed by atoms with van der Waals surface area (Å²) in [6.07, 6.45) is 3.91. The maximum Gasteiger partial charge on any atom is 0.279 e. The van der Waals surface area contributed by atoms with Gasteiger partial charge >= 0.3 is 0 Å². The Morgan fingerprint density at radius 1 is 1.04 bits per heavy atom. The molecule has 1 amide bonds. The Hall–Kier alpha value is -2.64. The maximum absolute atomic E-state index is 12.3. The molecule has 4 nitrogen and oxygen atoms in total. The average molecular weight is 348 g/mol. The number of nitriles is 1. The molecule has 1 heterocycles. The first-order valence-electron chi connectivity index (χ1n) is 9.36. The molecule has 2 N–H and O–H groups in total. The number of rotatable bonds is 6.